The summed E-state index contributed by atoms with van der Waals surface area (Å²) in [6.45, 7) is 3.07. The molecule has 1 aromatic carbocycles. The highest BCUT2D eigenvalue weighted by molar-refractivity contribution is 6.34. The van der Waals surface area contributed by atoms with Crippen LogP contribution in [0.3, 0.4) is 0 Å². The smallest absolute Gasteiger partial charge is 0.221 e. The van der Waals surface area contributed by atoms with Gasteiger partial charge in [-0.15, -0.1) is 12.4 Å². The molecule has 1 aliphatic carbocycles. The Morgan fingerprint density at radius 2 is 1.91 bits per heavy atom. The highest BCUT2D eigenvalue weighted by atomic mass is 35.5. The van der Waals surface area contributed by atoms with Crippen molar-refractivity contribution < 1.29 is 14.4 Å². The summed E-state index contributed by atoms with van der Waals surface area (Å²) in [7, 11) is 0. The number of anilines is 1. The van der Waals surface area contributed by atoms with E-state index in [1.807, 2.05) is 0 Å². The van der Waals surface area contributed by atoms with Crippen molar-refractivity contribution in [1.29, 1.82) is 5.53 Å². The van der Waals surface area contributed by atoms with Crippen LogP contribution in [0.4, 0.5) is 11.4 Å². The van der Waals surface area contributed by atoms with Gasteiger partial charge in [0, 0.05) is 18.1 Å². The Morgan fingerprint density at radius 1 is 1.23 bits per heavy atom. The number of hydrogen-bond acceptors (Lipinski definition) is 5. The molecule has 0 aromatic heterocycles. The lowest BCUT2D eigenvalue weighted by Crippen LogP contribution is -2.12. The summed E-state index contributed by atoms with van der Waals surface area (Å²) in [6.07, 6.45) is 3.64. The van der Waals surface area contributed by atoms with Gasteiger partial charge in [0.05, 0.1) is 11.4 Å². The lowest BCUT2D eigenvalue weighted by Gasteiger charge is -2.15. The molecule has 0 saturated heterocycles. The third-order valence-corrected chi connectivity index (χ3v) is 3.01. The number of amides is 1. The van der Waals surface area contributed by atoms with Gasteiger partial charge in [0.25, 0.3) is 0 Å². The fraction of sp³-hybridized carbons (Fsp3) is 0.133. The van der Waals surface area contributed by atoms with Crippen molar-refractivity contribution in [2.45, 2.75) is 13.8 Å². The summed E-state index contributed by atoms with van der Waals surface area (Å²) < 4.78 is 0. The van der Waals surface area contributed by atoms with E-state index in [0.717, 1.165) is 0 Å². The number of benzene rings is 1. The maximum atomic E-state index is 12.0. The van der Waals surface area contributed by atoms with Crippen LogP contribution in [0.1, 0.15) is 18.1 Å². The fourth-order valence-corrected chi connectivity index (χ4v) is 2.05. The van der Waals surface area contributed by atoms with Crippen molar-refractivity contribution in [2.75, 3.05) is 5.32 Å². The van der Waals surface area contributed by atoms with Gasteiger partial charge in [0.15, 0.2) is 11.6 Å². The third kappa shape index (κ3) is 3.53. The number of carbonyl (C=O) groups excluding carboxylic acids is 3. The number of nitrogens with one attached hydrogen (secondary N) is 2. The van der Waals surface area contributed by atoms with E-state index in [1.54, 1.807) is 13.0 Å². The number of halogens is 1. The van der Waals surface area contributed by atoms with Crippen LogP contribution in [0.2, 0.25) is 0 Å². The average molecular weight is 320 g/mol. The number of carbonyl (C=O) groups is 3. The maximum Gasteiger partial charge on any atom is 0.221 e. The van der Waals surface area contributed by atoms with Crippen LogP contribution in [0, 0.1) is 12.5 Å². The summed E-state index contributed by atoms with van der Waals surface area (Å²) in [6, 6.07) is 3.14. The lowest BCUT2D eigenvalue weighted by atomic mass is 9.93. The molecule has 0 unspecified atom stereocenters. The first kappa shape index (κ1) is 17.5. The van der Waals surface area contributed by atoms with E-state index in [9.17, 15) is 14.4 Å². The normalized spacial score (nSPS) is 13.3. The summed E-state index contributed by atoms with van der Waals surface area (Å²) in [5, 5.41) is 5.97. The fourth-order valence-electron chi connectivity index (χ4n) is 2.05. The van der Waals surface area contributed by atoms with E-state index < -0.39 is 0 Å². The van der Waals surface area contributed by atoms with Gasteiger partial charge in [-0.1, -0.05) is 0 Å². The van der Waals surface area contributed by atoms with Gasteiger partial charge in [-0.3, -0.25) is 14.4 Å². The van der Waals surface area contributed by atoms with Crippen LogP contribution >= 0.6 is 12.4 Å². The van der Waals surface area contributed by atoms with E-state index in [-0.39, 0.29) is 35.5 Å². The number of nitrogens with zero attached hydrogens (tertiary/aromatic N) is 1. The van der Waals surface area contributed by atoms with Gasteiger partial charge in [0.1, 0.15) is 0 Å². The molecule has 0 fully saturated rings. The van der Waals surface area contributed by atoms with Crippen LogP contribution < -0.4 is 5.32 Å². The molecule has 114 valence electrons. The maximum absolute atomic E-state index is 12.0. The van der Waals surface area contributed by atoms with Gasteiger partial charge in [0.2, 0.25) is 5.91 Å². The Labute approximate surface area is 133 Å². The molecule has 22 heavy (non-hydrogen) atoms. The first-order valence-electron chi connectivity index (χ1n) is 6.20. The minimum absolute atomic E-state index is 0. The molecule has 0 spiro atoms. The van der Waals surface area contributed by atoms with Crippen LogP contribution in [-0.4, -0.2) is 17.5 Å². The van der Waals surface area contributed by atoms with Crippen molar-refractivity contribution in [3.05, 3.63) is 41.5 Å². The zero-order chi connectivity index (χ0) is 15.6. The number of ketones is 2. The number of aryl methyl sites for hydroxylation is 1. The largest absolute Gasteiger partial charge is 0.326 e. The zero-order valence-electron chi connectivity index (χ0n) is 12.0. The number of rotatable bonds is 3. The minimum Gasteiger partial charge on any atom is -0.326 e. The Morgan fingerprint density at radius 3 is 2.50 bits per heavy atom. The van der Waals surface area contributed by atoms with E-state index >= 15 is 0 Å². The van der Waals surface area contributed by atoms with Crippen molar-refractivity contribution in [3.63, 3.8) is 0 Å². The van der Waals surface area contributed by atoms with Gasteiger partial charge < -0.3 is 5.32 Å². The van der Waals surface area contributed by atoms with Crippen LogP contribution in [-0.2, 0) is 14.4 Å². The molecule has 6 nitrogen and oxygen atoms in total. The highest BCUT2D eigenvalue weighted by Crippen LogP contribution is 2.33. The standard InChI is InChI=1S/C15H13N3O3.ClH/c1-8-5-11(12-6-10(20)3-4-15(12)21)14(17-9(2)19)7-13(8)18-16;/h3-7,16H,1-2H3,(H,17,19);1H. The van der Waals surface area contributed by atoms with E-state index in [1.165, 1.54) is 31.2 Å². The third-order valence-electron chi connectivity index (χ3n) is 3.01. The van der Waals surface area contributed by atoms with E-state index in [0.29, 0.717) is 22.5 Å². The second-order valence-corrected chi connectivity index (χ2v) is 4.64. The second-order valence-electron chi connectivity index (χ2n) is 4.64. The van der Waals surface area contributed by atoms with Crippen molar-refractivity contribution in [2.24, 2.45) is 5.11 Å². The Kier molecular flexibility index (Phi) is 5.48. The summed E-state index contributed by atoms with van der Waals surface area (Å²) in [5.74, 6) is -0.914. The average Bonchev–Trinajstić information content (AvgIpc) is 2.42. The molecule has 1 aromatic rings. The van der Waals surface area contributed by atoms with Crippen LogP contribution in [0.5, 0.6) is 0 Å². The van der Waals surface area contributed by atoms with Gasteiger partial charge >= 0.3 is 0 Å². The monoisotopic (exact) mass is 319 g/mol. The molecular formula is C15H14ClN3O3. The number of hydrogen-bond donors (Lipinski definition) is 2. The Balaban J connectivity index is 0.00000242. The quantitative estimate of drug-likeness (QED) is 0.661. The van der Waals surface area contributed by atoms with Gasteiger partial charge in [-0.2, -0.15) is 5.11 Å². The predicted molar refractivity (Wildman–Crippen MR) is 84.7 cm³/mol. The lowest BCUT2D eigenvalue weighted by molar-refractivity contribution is -0.114. The Hall–Kier alpha value is -2.60. The molecule has 1 amide bonds. The molecule has 7 heteroatoms. The first-order valence-corrected chi connectivity index (χ1v) is 6.20. The summed E-state index contributed by atoms with van der Waals surface area (Å²) >= 11 is 0. The van der Waals surface area contributed by atoms with E-state index in [2.05, 4.69) is 10.4 Å². The SMILES string of the molecule is CC(=O)Nc1cc(N=N)c(C)cc1C1=CC(=O)C=CC1=O.Cl. The Bertz CT molecular complexity index is 736. The van der Waals surface area contributed by atoms with Crippen molar-refractivity contribution in [3.8, 4) is 0 Å². The molecule has 1 aliphatic rings. The topological polar surface area (TPSA) is 99.4 Å². The molecule has 0 aliphatic heterocycles. The predicted octanol–water partition coefficient (Wildman–Crippen LogP) is 3.13. The molecule has 0 radical (unpaired) electrons. The molecule has 0 heterocycles. The van der Waals surface area contributed by atoms with Gasteiger partial charge in [-0.25, -0.2) is 5.53 Å². The minimum atomic E-state index is -0.318. The zero-order valence-corrected chi connectivity index (χ0v) is 12.8. The highest BCUT2D eigenvalue weighted by Gasteiger charge is 2.20. The van der Waals surface area contributed by atoms with Crippen molar-refractivity contribution >= 4 is 46.8 Å². The molecule has 2 rings (SSSR count). The molecule has 0 saturated carbocycles. The van der Waals surface area contributed by atoms with Crippen molar-refractivity contribution in [1.82, 2.24) is 0 Å². The molecule has 0 bridgehead atoms. The molecular weight excluding hydrogens is 306 g/mol. The first-order chi connectivity index (χ1) is 9.92. The number of allylic oxidation sites excluding steroid dienone is 4. The van der Waals surface area contributed by atoms with E-state index in [4.69, 9.17) is 5.53 Å². The van der Waals surface area contributed by atoms with Gasteiger partial charge in [-0.05, 0) is 42.8 Å². The molecule has 0 atom stereocenters. The summed E-state index contributed by atoms with van der Waals surface area (Å²) in [4.78, 5) is 34.8. The van der Waals surface area contributed by atoms with Crippen LogP contribution in [0.25, 0.3) is 5.57 Å². The second kappa shape index (κ2) is 6.91. The van der Waals surface area contributed by atoms with Crippen LogP contribution in [0.15, 0.2) is 35.5 Å². The molecule has 2 N–H and O–H groups in total. The summed E-state index contributed by atoms with van der Waals surface area (Å²) in [5.41, 5.74) is 9.17.